The van der Waals surface area contributed by atoms with Gasteiger partial charge in [-0.15, -0.1) is 0 Å². The summed E-state index contributed by atoms with van der Waals surface area (Å²) in [6.45, 7) is 7.61. The molecule has 27 heavy (non-hydrogen) atoms. The van der Waals surface area contributed by atoms with Gasteiger partial charge in [0.1, 0.15) is 0 Å². The van der Waals surface area contributed by atoms with E-state index in [1.54, 1.807) is 14.2 Å². The van der Waals surface area contributed by atoms with Crippen LogP contribution < -0.4 is 24.4 Å². The van der Waals surface area contributed by atoms with Gasteiger partial charge in [-0.25, -0.2) is 0 Å². The normalized spacial score (nSPS) is 11.1. The van der Waals surface area contributed by atoms with Crippen molar-refractivity contribution >= 4 is 5.71 Å². The van der Waals surface area contributed by atoms with E-state index in [-0.39, 0.29) is 0 Å². The molecule has 0 aliphatic carbocycles. The predicted molar refractivity (Wildman–Crippen MR) is 107 cm³/mol. The molecule has 6 heteroatoms. The van der Waals surface area contributed by atoms with Gasteiger partial charge < -0.3 is 24.4 Å². The summed E-state index contributed by atoms with van der Waals surface area (Å²) in [7, 11) is 3.25. The van der Waals surface area contributed by atoms with Crippen molar-refractivity contribution in [3.63, 3.8) is 0 Å². The Bertz CT molecular complexity index is 775. The molecule has 0 amide bonds. The zero-order valence-corrected chi connectivity index (χ0v) is 16.7. The highest BCUT2D eigenvalue weighted by Gasteiger charge is 2.08. The molecule has 0 aromatic heterocycles. The lowest BCUT2D eigenvalue weighted by atomic mass is 10.1. The van der Waals surface area contributed by atoms with Gasteiger partial charge in [0.25, 0.3) is 0 Å². The van der Waals surface area contributed by atoms with Gasteiger partial charge in [-0.3, -0.25) is 0 Å². The number of hydrazone groups is 1. The quantitative estimate of drug-likeness (QED) is 0.504. The van der Waals surface area contributed by atoms with Gasteiger partial charge in [-0.1, -0.05) is 6.07 Å². The van der Waals surface area contributed by atoms with Crippen LogP contribution in [0.2, 0.25) is 0 Å². The third-order valence-electron chi connectivity index (χ3n) is 3.94. The number of nitrogens with one attached hydrogen (secondary N) is 1. The molecule has 0 saturated carbocycles. The Kier molecular flexibility index (Phi) is 7.79. The molecule has 2 rings (SSSR count). The minimum atomic E-state index is 0.576. The third-order valence-corrected chi connectivity index (χ3v) is 3.94. The molecule has 6 nitrogen and oxygen atoms in total. The first-order valence-electron chi connectivity index (χ1n) is 9.00. The molecule has 1 N–H and O–H groups in total. The van der Waals surface area contributed by atoms with Crippen molar-refractivity contribution in [3.8, 4) is 23.0 Å². The van der Waals surface area contributed by atoms with E-state index in [4.69, 9.17) is 18.9 Å². The van der Waals surface area contributed by atoms with Crippen LogP contribution in [-0.4, -0.2) is 33.1 Å². The average molecular weight is 372 g/mol. The molecule has 0 unspecified atom stereocenters. The molecule has 0 aliphatic rings. The summed E-state index contributed by atoms with van der Waals surface area (Å²) in [4.78, 5) is 0. The van der Waals surface area contributed by atoms with E-state index in [2.05, 4.69) is 10.5 Å². The fourth-order valence-electron chi connectivity index (χ4n) is 2.58. The molecule has 0 aliphatic heterocycles. The Morgan fingerprint density at radius 3 is 2.19 bits per heavy atom. The molecule has 0 atom stereocenters. The largest absolute Gasteiger partial charge is 0.493 e. The highest BCUT2D eigenvalue weighted by molar-refractivity contribution is 5.99. The van der Waals surface area contributed by atoms with E-state index < -0.39 is 0 Å². The number of hydrogen-bond acceptors (Lipinski definition) is 6. The second-order valence-electron chi connectivity index (χ2n) is 5.75. The second-order valence-corrected chi connectivity index (χ2v) is 5.75. The van der Waals surface area contributed by atoms with Crippen LogP contribution in [-0.2, 0) is 6.54 Å². The summed E-state index contributed by atoms with van der Waals surface area (Å²) in [6, 6.07) is 11.6. The zero-order valence-electron chi connectivity index (χ0n) is 16.7. The molecule has 0 spiro atoms. The van der Waals surface area contributed by atoms with Crippen molar-refractivity contribution in [1.82, 2.24) is 5.43 Å². The Morgan fingerprint density at radius 1 is 0.852 bits per heavy atom. The van der Waals surface area contributed by atoms with E-state index in [0.717, 1.165) is 28.3 Å². The Hall–Kier alpha value is -2.89. The summed E-state index contributed by atoms with van der Waals surface area (Å²) in [5.41, 5.74) is 5.98. The number of benzene rings is 2. The lowest BCUT2D eigenvalue weighted by molar-refractivity contribution is 0.287. The van der Waals surface area contributed by atoms with Crippen LogP contribution in [0.15, 0.2) is 41.5 Å². The first-order chi connectivity index (χ1) is 13.1. The maximum atomic E-state index is 5.68. The summed E-state index contributed by atoms with van der Waals surface area (Å²) in [5, 5.41) is 4.46. The lowest BCUT2D eigenvalue weighted by Crippen LogP contribution is -2.10. The highest BCUT2D eigenvalue weighted by Crippen LogP contribution is 2.29. The molecule has 0 bridgehead atoms. The van der Waals surface area contributed by atoms with Gasteiger partial charge in [0, 0.05) is 5.56 Å². The van der Waals surface area contributed by atoms with Gasteiger partial charge in [-0.05, 0) is 56.7 Å². The van der Waals surface area contributed by atoms with Crippen molar-refractivity contribution in [2.75, 3.05) is 27.4 Å². The lowest BCUT2D eigenvalue weighted by Gasteiger charge is -2.12. The topological polar surface area (TPSA) is 61.3 Å². The zero-order chi connectivity index (χ0) is 19.6. The number of nitrogens with zero attached hydrogens (tertiary/aromatic N) is 1. The van der Waals surface area contributed by atoms with Crippen LogP contribution in [0.25, 0.3) is 0 Å². The standard InChI is InChI=1S/C21H28N2O4/c1-6-26-19-11-9-17(13-21(19)27-7-2)15(3)23-22-14-16-8-10-18(24-4)20(12-16)25-5/h8-13,22H,6-7,14H2,1-5H3/b23-15+. The molecule has 0 fully saturated rings. The predicted octanol–water partition coefficient (Wildman–Crippen LogP) is 4.02. The fourth-order valence-corrected chi connectivity index (χ4v) is 2.58. The highest BCUT2D eigenvalue weighted by atomic mass is 16.5. The van der Waals surface area contributed by atoms with E-state index in [9.17, 15) is 0 Å². The molecule has 0 saturated heterocycles. The van der Waals surface area contributed by atoms with Gasteiger partial charge in [0.2, 0.25) is 0 Å². The van der Waals surface area contributed by atoms with E-state index >= 15 is 0 Å². The minimum absolute atomic E-state index is 0.576. The molecule has 2 aromatic rings. The monoisotopic (exact) mass is 372 g/mol. The average Bonchev–Trinajstić information content (AvgIpc) is 2.69. The SMILES string of the molecule is CCOc1ccc(/C(C)=N/NCc2ccc(OC)c(OC)c2)cc1OCC. The maximum Gasteiger partial charge on any atom is 0.161 e. The number of ether oxygens (including phenoxy) is 4. The van der Waals surface area contributed by atoms with Gasteiger partial charge in [0.05, 0.1) is 39.7 Å². The van der Waals surface area contributed by atoms with Crippen LogP contribution in [0.1, 0.15) is 31.9 Å². The number of rotatable bonds is 10. The molecular formula is C21H28N2O4. The molecule has 146 valence electrons. The van der Waals surface area contributed by atoms with Crippen molar-refractivity contribution < 1.29 is 18.9 Å². The van der Waals surface area contributed by atoms with Gasteiger partial charge >= 0.3 is 0 Å². The molecular weight excluding hydrogens is 344 g/mol. The van der Waals surface area contributed by atoms with Crippen LogP contribution in [0.5, 0.6) is 23.0 Å². The molecule has 0 heterocycles. The molecule has 0 radical (unpaired) electrons. The molecule has 2 aromatic carbocycles. The van der Waals surface area contributed by atoms with Crippen molar-refractivity contribution in [2.24, 2.45) is 5.10 Å². The van der Waals surface area contributed by atoms with Crippen LogP contribution >= 0.6 is 0 Å². The number of methoxy groups -OCH3 is 2. The summed E-state index contributed by atoms with van der Waals surface area (Å²) in [6.07, 6.45) is 0. The Morgan fingerprint density at radius 2 is 1.52 bits per heavy atom. The van der Waals surface area contributed by atoms with E-state index in [1.807, 2.05) is 57.2 Å². The second kappa shape index (κ2) is 10.3. The summed E-state index contributed by atoms with van der Waals surface area (Å²) >= 11 is 0. The van der Waals surface area contributed by atoms with Crippen LogP contribution in [0.3, 0.4) is 0 Å². The van der Waals surface area contributed by atoms with Crippen LogP contribution in [0.4, 0.5) is 0 Å². The van der Waals surface area contributed by atoms with Crippen LogP contribution in [0, 0.1) is 0 Å². The Balaban J connectivity index is 2.08. The van der Waals surface area contributed by atoms with E-state index in [1.165, 1.54) is 0 Å². The Labute approximate surface area is 161 Å². The maximum absolute atomic E-state index is 5.68. The van der Waals surface area contributed by atoms with Gasteiger partial charge in [0.15, 0.2) is 23.0 Å². The smallest absolute Gasteiger partial charge is 0.161 e. The minimum Gasteiger partial charge on any atom is -0.493 e. The number of hydrogen-bond donors (Lipinski definition) is 1. The summed E-state index contributed by atoms with van der Waals surface area (Å²) < 4.78 is 21.9. The summed E-state index contributed by atoms with van der Waals surface area (Å²) in [5.74, 6) is 2.88. The fraction of sp³-hybridized carbons (Fsp3) is 0.381. The van der Waals surface area contributed by atoms with Gasteiger partial charge in [-0.2, -0.15) is 5.10 Å². The first kappa shape index (κ1) is 20.4. The third kappa shape index (κ3) is 5.54. The van der Waals surface area contributed by atoms with Crippen molar-refractivity contribution in [1.29, 1.82) is 0 Å². The van der Waals surface area contributed by atoms with E-state index in [0.29, 0.717) is 31.3 Å². The first-order valence-corrected chi connectivity index (χ1v) is 9.00. The van der Waals surface area contributed by atoms with Crippen molar-refractivity contribution in [3.05, 3.63) is 47.5 Å². The van der Waals surface area contributed by atoms with Crippen molar-refractivity contribution in [2.45, 2.75) is 27.3 Å².